The molecule has 0 radical (unpaired) electrons. The van der Waals surface area contributed by atoms with Crippen molar-refractivity contribution in [1.29, 1.82) is 0 Å². The van der Waals surface area contributed by atoms with Crippen molar-refractivity contribution in [2.45, 2.75) is 31.3 Å². The Morgan fingerprint density at radius 2 is 2.27 bits per heavy atom. The molecule has 0 fully saturated rings. The lowest BCUT2D eigenvalue weighted by molar-refractivity contribution is -0.116. The van der Waals surface area contributed by atoms with Crippen molar-refractivity contribution in [3.63, 3.8) is 0 Å². The van der Waals surface area contributed by atoms with Crippen LogP contribution in [-0.4, -0.2) is 26.1 Å². The molecule has 1 aliphatic rings. The number of amides is 1. The monoisotopic (exact) mass is 296 g/mol. The number of pyridine rings is 1. The Morgan fingerprint density at radius 1 is 1.45 bits per heavy atom. The highest BCUT2D eigenvalue weighted by atomic mass is 16.1. The number of aryl methyl sites for hydroxylation is 1. The highest BCUT2D eigenvalue weighted by Crippen LogP contribution is 2.37. The second-order valence-electron chi connectivity index (χ2n) is 5.29. The van der Waals surface area contributed by atoms with E-state index in [9.17, 15) is 4.79 Å². The van der Waals surface area contributed by atoms with Crippen LogP contribution in [0.4, 0.5) is 5.95 Å². The zero-order valence-corrected chi connectivity index (χ0v) is 12.3. The van der Waals surface area contributed by atoms with Gasteiger partial charge in [-0.1, -0.05) is 0 Å². The first-order valence-corrected chi connectivity index (χ1v) is 7.07. The summed E-state index contributed by atoms with van der Waals surface area (Å²) in [6.07, 6.45) is 10.9. The standard InChI is InChI=1S/C15H16N6O/c1-3-4-7-15(19-20-15)8-5-13(22)18-14-17-11-6-9-16-10-12(11)21(14)2/h1,6,9-10H,4-5,7-8H2,2H3,(H,17,18,22). The first-order chi connectivity index (χ1) is 10.6. The van der Waals surface area contributed by atoms with Gasteiger partial charge in [0.25, 0.3) is 0 Å². The van der Waals surface area contributed by atoms with Gasteiger partial charge in [0.15, 0.2) is 5.66 Å². The molecular formula is C15H16N6O. The smallest absolute Gasteiger partial charge is 0.226 e. The van der Waals surface area contributed by atoms with Gasteiger partial charge < -0.3 is 4.57 Å². The van der Waals surface area contributed by atoms with Crippen LogP contribution in [0.1, 0.15) is 25.7 Å². The molecule has 3 heterocycles. The van der Waals surface area contributed by atoms with E-state index in [0.29, 0.717) is 31.6 Å². The molecule has 0 saturated carbocycles. The van der Waals surface area contributed by atoms with E-state index >= 15 is 0 Å². The minimum Gasteiger partial charge on any atom is -0.312 e. The summed E-state index contributed by atoms with van der Waals surface area (Å²) in [7, 11) is 1.84. The first-order valence-electron chi connectivity index (χ1n) is 7.07. The van der Waals surface area contributed by atoms with Crippen LogP contribution < -0.4 is 5.32 Å². The lowest BCUT2D eigenvalue weighted by atomic mass is 10.0. The third-order valence-electron chi connectivity index (χ3n) is 3.74. The molecule has 2 aromatic heterocycles. The van der Waals surface area contributed by atoms with Crippen molar-refractivity contribution in [3.8, 4) is 12.3 Å². The SMILES string of the molecule is C#CCCC1(CCC(=O)Nc2nc3ccncc3n2C)N=N1. The van der Waals surface area contributed by atoms with Crippen molar-refractivity contribution in [3.05, 3.63) is 18.5 Å². The van der Waals surface area contributed by atoms with Gasteiger partial charge in [-0.2, -0.15) is 10.2 Å². The van der Waals surface area contributed by atoms with Crippen LogP contribution in [0.2, 0.25) is 0 Å². The Balaban J connectivity index is 1.60. The summed E-state index contributed by atoms with van der Waals surface area (Å²) in [5.74, 6) is 2.98. The van der Waals surface area contributed by atoms with Crippen molar-refractivity contribution in [2.24, 2.45) is 17.3 Å². The lowest BCUT2D eigenvalue weighted by Gasteiger charge is -2.09. The van der Waals surface area contributed by atoms with E-state index in [-0.39, 0.29) is 5.91 Å². The molecule has 112 valence electrons. The number of imidazole rings is 1. The number of aromatic nitrogens is 3. The lowest BCUT2D eigenvalue weighted by Crippen LogP contribution is -2.19. The fraction of sp³-hybridized carbons (Fsp3) is 0.400. The molecule has 0 saturated heterocycles. The van der Waals surface area contributed by atoms with Gasteiger partial charge in [0.2, 0.25) is 11.9 Å². The summed E-state index contributed by atoms with van der Waals surface area (Å²) in [6, 6.07) is 1.81. The minimum absolute atomic E-state index is 0.108. The van der Waals surface area contributed by atoms with Gasteiger partial charge in [0, 0.05) is 38.9 Å². The van der Waals surface area contributed by atoms with Gasteiger partial charge in [0.05, 0.1) is 17.2 Å². The van der Waals surface area contributed by atoms with Crippen LogP contribution in [0.25, 0.3) is 11.0 Å². The van der Waals surface area contributed by atoms with Crippen molar-refractivity contribution in [1.82, 2.24) is 14.5 Å². The van der Waals surface area contributed by atoms with Gasteiger partial charge in [-0.25, -0.2) is 4.98 Å². The van der Waals surface area contributed by atoms with E-state index in [1.54, 1.807) is 17.0 Å². The molecule has 1 amide bonds. The van der Waals surface area contributed by atoms with Gasteiger partial charge in [0.1, 0.15) is 0 Å². The van der Waals surface area contributed by atoms with Crippen molar-refractivity contribution in [2.75, 3.05) is 5.32 Å². The molecule has 0 spiro atoms. The summed E-state index contributed by atoms with van der Waals surface area (Å²) in [4.78, 5) is 20.5. The quantitative estimate of drug-likeness (QED) is 0.830. The van der Waals surface area contributed by atoms with Gasteiger partial charge in [-0.15, -0.1) is 12.3 Å². The van der Waals surface area contributed by atoms with Crippen LogP contribution in [0.3, 0.4) is 0 Å². The maximum atomic E-state index is 12.1. The number of nitrogens with zero attached hydrogens (tertiary/aromatic N) is 5. The number of hydrogen-bond acceptors (Lipinski definition) is 5. The number of carbonyl (C=O) groups excluding carboxylic acids is 1. The van der Waals surface area contributed by atoms with E-state index in [4.69, 9.17) is 6.42 Å². The van der Waals surface area contributed by atoms with E-state index < -0.39 is 5.66 Å². The van der Waals surface area contributed by atoms with Crippen LogP contribution in [-0.2, 0) is 11.8 Å². The zero-order valence-electron chi connectivity index (χ0n) is 12.3. The molecule has 0 unspecified atom stereocenters. The second-order valence-corrected chi connectivity index (χ2v) is 5.29. The third-order valence-corrected chi connectivity index (χ3v) is 3.74. The predicted molar refractivity (Wildman–Crippen MR) is 82.0 cm³/mol. The molecule has 7 heteroatoms. The number of nitrogens with one attached hydrogen (secondary N) is 1. The zero-order chi connectivity index (χ0) is 15.6. The summed E-state index contributed by atoms with van der Waals surface area (Å²) in [6.45, 7) is 0. The Kier molecular flexibility index (Phi) is 3.59. The molecule has 22 heavy (non-hydrogen) atoms. The molecule has 1 N–H and O–H groups in total. The van der Waals surface area contributed by atoms with Crippen molar-refractivity contribution < 1.29 is 4.79 Å². The van der Waals surface area contributed by atoms with Crippen LogP contribution in [0.5, 0.6) is 0 Å². The number of anilines is 1. The normalized spacial score (nSPS) is 14.7. The van der Waals surface area contributed by atoms with E-state index in [1.165, 1.54) is 0 Å². The largest absolute Gasteiger partial charge is 0.312 e. The highest BCUT2D eigenvalue weighted by Gasteiger charge is 2.39. The molecule has 2 aromatic rings. The molecule has 1 aliphatic heterocycles. The number of rotatable bonds is 6. The first kappa shape index (κ1) is 14.2. The fourth-order valence-electron chi connectivity index (χ4n) is 2.32. The molecule has 0 aromatic carbocycles. The van der Waals surface area contributed by atoms with Crippen molar-refractivity contribution >= 4 is 22.9 Å². The summed E-state index contributed by atoms with van der Waals surface area (Å²) >= 11 is 0. The Bertz CT molecular complexity index is 779. The Morgan fingerprint density at radius 3 is 2.95 bits per heavy atom. The maximum Gasteiger partial charge on any atom is 0.226 e. The highest BCUT2D eigenvalue weighted by molar-refractivity contribution is 5.91. The average molecular weight is 296 g/mol. The topological polar surface area (TPSA) is 84.5 Å². The van der Waals surface area contributed by atoms with Gasteiger partial charge in [-0.05, 0) is 6.07 Å². The number of carbonyl (C=O) groups is 1. The van der Waals surface area contributed by atoms with E-state index in [0.717, 1.165) is 11.0 Å². The molecule has 0 bridgehead atoms. The predicted octanol–water partition coefficient (Wildman–Crippen LogP) is 2.26. The van der Waals surface area contributed by atoms with Gasteiger partial charge in [-0.3, -0.25) is 15.1 Å². The third kappa shape index (κ3) is 2.81. The second kappa shape index (κ2) is 5.56. The average Bonchev–Trinajstić information content (AvgIpc) is 3.24. The number of terminal acetylenes is 1. The number of fused-ring (bicyclic) bond motifs is 1. The molecular weight excluding hydrogens is 280 g/mol. The van der Waals surface area contributed by atoms with Gasteiger partial charge >= 0.3 is 0 Å². The molecule has 0 atom stereocenters. The van der Waals surface area contributed by atoms with Crippen LogP contribution in [0, 0.1) is 12.3 Å². The summed E-state index contributed by atoms with van der Waals surface area (Å²) in [5, 5.41) is 10.9. The van der Waals surface area contributed by atoms with E-state index in [2.05, 4.69) is 31.4 Å². The number of hydrogen-bond donors (Lipinski definition) is 1. The molecule has 7 nitrogen and oxygen atoms in total. The maximum absolute atomic E-state index is 12.1. The molecule has 0 aliphatic carbocycles. The summed E-state index contributed by atoms with van der Waals surface area (Å²) < 4.78 is 1.81. The fourth-order valence-corrected chi connectivity index (χ4v) is 2.32. The van der Waals surface area contributed by atoms with Crippen LogP contribution in [0.15, 0.2) is 28.7 Å². The minimum atomic E-state index is -0.431. The Labute approximate surface area is 127 Å². The molecule has 3 rings (SSSR count). The van der Waals surface area contributed by atoms with E-state index in [1.807, 2.05) is 13.1 Å². The summed E-state index contributed by atoms with van der Waals surface area (Å²) in [5.41, 5.74) is 1.24. The van der Waals surface area contributed by atoms with Crippen LogP contribution >= 0.6 is 0 Å². The Hall–Kier alpha value is -2.75.